The van der Waals surface area contributed by atoms with Crippen molar-refractivity contribution < 1.29 is 9.18 Å². The van der Waals surface area contributed by atoms with Crippen molar-refractivity contribution in [3.05, 3.63) is 35.6 Å². The monoisotopic (exact) mass is 264 g/mol. The quantitative estimate of drug-likeness (QED) is 0.857. The van der Waals surface area contributed by atoms with Gasteiger partial charge in [-0.3, -0.25) is 4.79 Å². The number of nitrogens with two attached hydrogens (primary N) is 1. The molecule has 1 aliphatic carbocycles. The Kier molecular flexibility index (Phi) is 4.91. The normalized spacial score (nSPS) is 17.4. The van der Waals surface area contributed by atoms with Gasteiger partial charge in [0.2, 0.25) is 5.91 Å². The van der Waals surface area contributed by atoms with E-state index in [1.165, 1.54) is 18.9 Å². The Bertz CT molecular complexity index is 430. The van der Waals surface area contributed by atoms with Crippen LogP contribution in [0, 0.1) is 5.82 Å². The van der Waals surface area contributed by atoms with Crippen LogP contribution in [0.3, 0.4) is 0 Å². The van der Waals surface area contributed by atoms with Crippen LogP contribution >= 0.6 is 0 Å². The molecule has 1 saturated carbocycles. The number of hydrogen-bond acceptors (Lipinski definition) is 2. The molecule has 3 N–H and O–H groups in total. The van der Waals surface area contributed by atoms with Crippen molar-refractivity contribution in [3.63, 3.8) is 0 Å². The molecule has 1 aliphatic rings. The lowest BCUT2D eigenvalue weighted by atomic mass is 9.95. The summed E-state index contributed by atoms with van der Waals surface area (Å²) < 4.78 is 13.7. The summed E-state index contributed by atoms with van der Waals surface area (Å²) in [6.45, 7) is 0.277. The molecule has 1 atom stereocenters. The first kappa shape index (κ1) is 14.0. The van der Waals surface area contributed by atoms with E-state index < -0.39 is 0 Å². The molecule has 1 aromatic rings. The topological polar surface area (TPSA) is 55.1 Å². The lowest BCUT2D eigenvalue weighted by Gasteiger charge is -2.18. The second kappa shape index (κ2) is 6.66. The summed E-state index contributed by atoms with van der Waals surface area (Å²) >= 11 is 0. The lowest BCUT2D eigenvalue weighted by Crippen LogP contribution is -2.34. The zero-order valence-electron chi connectivity index (χ0n) is 11.1. The lowest BCUT2D eigenvalue weighted by molar-refractivity contribution is -0.122. The number of hydrogen-bond donors (Lipinski definition) is 2. The maximum Gasteiger partial charge on any atom is 0.220 e. The predicted molar refractivity (Wildman–Crippen MR) is 73.2 cm³/mol. The molecule has 1 aromatic carbocycles. The SMILES string of the molecule is NCC(CC(=O)NC1CCCC1)c1ccccc1F. The first-order valence-electron chi connectivity index (χ1n) is 6.94. The number of carbonyl (C=O) groups is 1. The summed E-state index contributed by atoms with van der Waals surface area (Å²) in [5.41, 5.74) is 6.22. The summed E-state index contributed by atoms with van der Waals surface area (Å²) in [5.74, 6) is -0.556. The largest absolute Gasteiger partial charge is 0.353 e. The van der Waals surface area contributed by atoms with E-state index in [9.17, 15) is 9.18 Å². The van der Waals surface area contributed by atoms with Gasteiger partial charge in [0.1, 0.15) is 5.82 Å². The van der Waals surface area contributed by atoms with Crippen molar-refractivity contribution in [2.75, 3.05) is 6.54 Å². The number of benzene rings is 1. The molecule has 2 rings (SSSR count). The molecule has 1 unspecified atom stereocenters. The van der Waals surface area contributed by atoms with Crippen molar-refractivity contribution >= 4 is 5.91 Å². The first-order chi connectivity index (χ1) is 9.20. The van der Waals surface area contributed by atoms with Crippen LogP contribution in [0.4, 0.5) is 4.39 Å². The standard InChI is InChI=1S/C15H21FN2O/c16-14-8-4-3-7-13(14)11(10-17)9-15(19)18-12-5-1-2-6-12/h3-4,7-8,11-12H,1-2,5-6,9-10,17H2,(H,18,19). The fourth-order valence-electron chi connectivity index (χ4n) is 2.71. The van der Waals surface area contributed by atoms with E-state index >= 15 is 0 Å². The third-order valence-corrected chi connectivity index (χ3v) is 3.78. The maximum atomic E-state index is 13.7. The van der Waals surface area contributed by atoms with E-state index in [0.29, 0.717) is 11.6 Å². The van der Waals surface area contributed by atoms with Crippen molar-refractivity contribution in [2.24, 2.45) is 5.73 Å². The molecule has 0 radical (unpaired) electrons. The minimum absolute atomic E-state index is 0.0226. The maximum absolute atomic E-state index is 13.7. The molecule has 19 heavy (non-hydrogen) atoms. The first-order valence-corrected chi connectivity index (χ1v) is 6.94. The Morgan fingerprint density at radius 2 is 2.05 bits per heavy atom. The fraction of sp³-hybridized carbons (Fsp3) is 0.533. The third-order valence-electron chi connectivity index (χ3n) is 3.78. The predicted octanol–water partition coefficient (Wildman–Crippen LogP) is 2.32. The van der Waals surface area contributed by atoms with Crippen molar-refractivity contribution in [3.8, 4) is 0 Å². The summed E-state index contributed by atoms with van der Waals surface area (Å²) in [5, 5.41) is 3.02. The average Bonchev–Trinajstić information content (AvgIpc) is 2.89. The van der Waals surface area contributed by atoms with Gasteiger partial charge < -0.3 is 11.1 Å². The van der Waals surface area contributed by atoms with Crippen LogP contribution < -0.4 is 11.1 Å². The Morgan fingerprint density at radius 3 is 2.68 bits per heavy atom. The Hall–Kier alpha value is -1.42. The minimum atomic E-state index is -0.286. The van der Waals surface area contributed by atoms with Crippen LogP contribution in [0.1, 0.15) is 43.6 Å². The molecule has 0 spiro atoms. The fourth-order valence-corrected chi connectivity index (χ4v) is 2.71. The Balaban J connectivity index is 1.95. The van der Waals surface area contributed by atoms with Crippen LogP contribution in [-0.4, -0.2) is 18.5 Å². The summed E-state index contributed by atoms with van der Waals surface area (Å²) in [7, 11) is 0. The molecule has 4 heteroatoms. The highest BCUT2D eigenvalue weighted by Gasteiger charge is 2.21. The summed E-state index contributed by atoms with van der Waals surface area (Å²) in [4.78, 5) is 12.0. The van der Waals surface area contributed by atoms with Crippen LogP contribution in [0.15, 0.2) is 24.3 Å². The zero-order valence-corrected chi connectivity index (χ0v) is 11.1. The molecule has 1 fully saturated rings. The molecule has 0 aromatic heterocycles. The van der Waals surface area contributed by atoms with Crippen LogP contribution in [0.5, 0.6) is 0 Å². The van der Waals surface area contributed by atoms with Crippen molar-refractivity contribution in [1.29, 1.82) is 0 Å². The highest BCUT2D eigenvalue weighted by atomic mass is 19.1. The number of halogens is 1. The highest BCUT2D eigenvalue weighted by molar-refractivity contribution is 5.77. The number of amides is 1. The molecular weight excluding hydrogens is 243 g/mol. The molecule has 0 bridgehead atoms. The van der Waals surface area contributed by atoms with Gasteiger partial charge in [0.05, 0.1) is 0 Å². The Morgan fingerprint density at radius 1 is 1.37 bits per heavy atom. The van der Waals surface area contributed by atoms with Crippen molar-refractivity contribution in [2.45, 2.75) is 44.1 Å². The van der Waals surface area contributed by atoms with Gasteiger partial charge in [-0.2, -0.15) is 0 Å². The van der Waals surface area contributed by atoms with E-state index in [0.717, 1.165) is 12.8 Å². The second-order valence-corrected chi connectivity index (χ2v) is 5.21. The average molecular weight is 264 g/mol. The number of carbonyl (C=O) groups excluding carboxylic acids is 1. The molecule has 0 heterocycles. The molecule has 3 nitrogen and oxygen atoms in total. The van der Waals surface area contributed by atoms with E-state index in [4.69, 9.17) is 5.73 Å². The van der Waals surface area contributed by atoms with Gasteiger partial charge in [-0.25, -0.2) is 4.39 Å². The van der Waals surface area contributed by atoms with Crippen LogP contribution in [0.2, 0.25) is 0 Å². The van der Waals surface area contributed by atoms with Gasteiger partial charge in [0.15, 0.2) is 0 Å². The third kappa shape index (κ3) is 3.77. The zero-order chi connectivity index (χ0) is 13.7. The molecule has 1 amide bonds. The van der Waals surface area contributed by atoms with E-state index in [2.05, 4.69) is 5.32 Å². The van der Waals surface area contributed by atoms with Crippen molar-refractivity contribution in [1.82, 2.24) is 5.32 Å². The van der Waals surface area contributed by atoms with Gasteiger partial charge in [0, 0.05) is 18.4 Å². The van der Waals surface area contributed by atoms with Gasteiger partial charge in [-0.1, -0.05) is 31.0 Å². The number of rotatable bonds is 5. The highest BCUT2D eigenvalue weighted by Crippen LogP contribution is 2.22. The Labute approximate surface area is 113 Å². The molecule has 0 aliphatic heterocycles. The van der Waals surface area contributed by atoms with Gasteiger partial charge in [0.25, 0.3) is 0 Å². The smallest absolute Gasteiger partial charge is 0.220 e. The molecular formula is C15H21FN2O. The van der Waals surface area contributed by atoms with E-state index in [-0.39, 0.29) is 30.6 Å². The van der Waals surface area contributed by atoms with E-state index in [1.54, 1.807) is 18.2 Å². The number of nitrogens with one attached hydrogen (secondary N) is 1. The van der Waals surface area contributed by atoms with Gasteiger partial charge >= 0.3 is 0 Å². The summed E-state index contributed by atoms with van der Waals surface area (Å²) in [6, 6.07) is 6.83. The summed E-state index contributed by atoms with van der Waals surface area (Å²) in [6.07, 6.45) is 4.72. The van der Waals surface area contributed by atoms with Gasteiger partial charge in [-0.05, 0) is 31.0 Å². The van der Waals surface area contributed by atoms with Crippen LogP contribution in [0.25, 0.3) is 0 Å². The van der Waals surface area contributed by atoms with E-state index in [1.807, 2.05) is 0 Å². The molecule has 104 valence electrons. The molecule has 0 saturated heterocycles. The minimum Gasteiger partial charge on any atom is -0.353 e. The van der Waals surface area contributed by atoms with Crippen LogP contribution in [-0.2, 0) is 4.79 Å². The van der Waals surface area contributed by atoms with Gasteiger partial charge in [-0.15, -0.1) is 0 Å². The second-order valence-electron chi connectivity index (χ2n) is 5.21.